The van der Waals surface area contributed by atoms with Crippen LogP contribution in [0.1, 0.15) is 17.8 Å². The smallest absolute Gasteiger partial charge is 0.312 e. The predicted molar refractivity (Wildman–Crippen MR) is 148 cm³/mol. The number of hydrogen-bond acceptors (Lipinski definition) is 7. The maximum Gasteiger partial charge on any atom is 0.312 e. The van der Waals surface area contributed by atoms with Gasteiger partial charge in [-0.05, 0) is 59.5 Å². The predicted octanol–water partition coefficient (Wildman–Crippen LogP) is 6.78. The molecule has 6 rings (SSSR count). The topological polar surface area (TPSA) is 96.5 Å². The first-order valence-electron chi connectivity index (χ1n) is 11.9. The molecule has 5 aromatic rings. The van der Waals surface area contributed by atoms with Gasteiger partial charge in [0.1, 0.15) is 22.2 Å². The summed E-state index contributed by atoms with van der Waals surface area (Å²) in [5.74, 6) is 1.86. The van der Waals surface area contributed by atoms with Crippen molar-refractivity contribution in [3.05, 3.63) is 110 Å². The summed E-state index contributed by atoms with van der Waals surface area (Å²) >= 11 is 1.44. The van der Waals surface area contributed by atoms with E-state index in [1.807, 2.05) is 41.8 Å². The molecule has 9 heteroatoms. The molecule has 0 saturated carbocycles. The van der Waals surface area contributed by atoms with Crippen molar-refractivity contribution in [2.45, 2.75) is 13.0 Å². The van der Waals surface area contributed by atoms with Crippen LogP contribution in [0.15, 0.2) is 83.0 Å². The molecular formula is C29H21N3O5S. The summed E-state index contributed by atoms with van der Waals surface area (Å²) in [7, 11) is 1.56. The number of nitro benzene ring substituents is 1. The Labute approximate surface area is 221 Å². The Morgan fingerprint density at radius 3 is 2.55 bits per heavy atom. The van der Waals surface area contributed by atoms with E-state index < -0.39 is 4.92 Å². The fourth-order valence-corrected chi connectivity index (χ4v) is 5.55. The third kappa shape index (κ3) is 4.22. The lowest BCUT2D eigenvalue weighted by Gasteiger charge is -2.08. The third-order valence-corrected chi connectivity index (χ3v) is 7.35. The molecule has 1 aliphatic rings. The molecule has 0 fully saturated rings. The molecule has 0 atom stereocenters. The lowest BCUT2D eigenvalue weighted by Crippen LogP contribution is -2.20. The standard InChI is InChI=1S/C29H21N3O5S/c1-36-21-8-10-22(11-9-21)37-25-12-7-18(16-24(25)32(34)35)15-20-13-14-31-27(20)30-28-26(29(31)33)23(17-38-28)19-5-3-2-4-6-19/h2-12,15-17H,13-14H2,1H3/b20-15+. The van der Waals surface area contributed by atoms with Gasteiger partial charge in [-0.3, -0.25) is 19.5 Å². The van der Waals surface area contributed by atoms with Crippen LogP contribution in [0.5, 0.6) is 17.2 Å². The highest BCUT2D eigenvalue weighted by Gasteiger charge is 2.24. The molecule has 0 radical (unpaired) electrons. The molecule has 3 aromatic carbocycles. The van der Waals surface area contributed by atoms with Crippen molar-refractivity contribution in [2.24, 2.45) is 0 Å². The maximum atomic E-state index is 13.5. The number of hydrogen-bond donors (Lipinski definition) is 0. The van der Waals surface area contributed by atoms with E-state index >= 15 is 0 Å². The van der Waals surface area contributed by atoms with Crippen LogP contribution in [-0.2, 0) is 6.54 Å². The second-order valence-corrected chi connectivity index (χ2v) is 9.63. The molecule has 0 N–H and O–H groups in total. The van der Waals surface area contributed by atoms with E-state index in [0.29, 0.717) is 46.1 Å². The molecule has 3 heterocycles. The zero-order valence-corrected chi connectivity index (χ0v) is 21.1. The maximum absolute atomic E-state index is 13.5. The van der Waals surface area contributed by atoms with Gasteiger partial charge >= 0.3 is 5.69 Å². The van der Waals surface area contributed by atoms with Crippen molar-refractivity contribution in [3.8, 4) is 28.4 Å². The van der Waals surface area contributed by atoms with Crippen LogP contribution in [0.4, 0.5) is 5.69 Å². The van der Waals surface area contributed by atoms with Crippen molar-refractivity contribution in [3.63, 3.8) is 0 Å². The van der Waals surface area contributed by atoms with Gasteiger partial charge in [0.15, 0.2) is 0 Å². The van der Waals surface area contributed by atoms with Gasteiger partial charge in [0, 0.05) is 23.6 Å². The Kier molecular flexibility index (Phi) is 5.97. The number of nitro groups is 1. The summed E-state index contributed by atoms with van der Waals surface area (Å²) in [6, 6.07) is 21.4. The Hall–Kier alpha value is -4.76. The van der Waals surface area contributed by atoms with Crippen LogP contribution in [0, 0.1) is 10.1 Å². The minimum Gasteiger partial charge on any atom is -0.497 e. The highest BCUT2D eigenvalue weighted by Crippen LogP contribution is 2.36. The number of fused-ring (bicyclic) bond motifs is 2. The monoisotopic (exact) mass is 523 g/mol. The van der Waals surface area contributed by atoms with Gasteiger partial charge in [-0.2, -0.15) is 0 Å². The van der Waals surface area contributed by atoms with E-state index in [0.717, 1.165) is 16.7 Å². The molecule has 0 bridgehead atoms. The molecule has 188 valence electrons. The molecule has 0 amide bonds. The molecule has 8 nitrogen and oxygen atoms in total. The molecule has 0 unspecified atom stereocenters. The normalized spacial score (nSPS) is 13.6. The Morgan fingerprint density at radius 1 is 1.05 bits per heavy atom. The van der Waals surface area contributed by atoms with Crippen LogP contribution >= 0.6 is 11.3 Å². The van der Waals surface area contributed by atoms with Crippen LogP contribution in [0.3, 0.4) is 0 Å². The van der Waals surface area contributed by atoms with Gasteiger partial charge < -0.3 is 9.47 Å². The molecule has 0 aliphatic carbocycles. The number of thiophene rings is 1. The lowest BCUT2D eigenvalue weighted by atomic mass is 10.1. The fraction of sp³-hybridized carbons (Fsp3) is 0.103. The first-order valence-corrected chi connectivity index (χ1v) is 12.8. The Balaban J connectivity index is 1.35. The van der Waals surface area contributed by atoms with Crippen molar-refractivity contribution < 1.29 is 14.4 Å². The zero-order chi connectivity index (χ0) is 26.2. The van der Waals surface area contributed by atoms with Crippen molar-refractivity contribution in [2.75, 3.05) is 7.11 Å². The average molecular weight is 524 g/mol. The van der Waals surface area contributed by atoms with Gasteiger partial charge in [0.2, 0.25) is 5.75 Å². The van der Waals surface area contributed by atoms with E-state index in [-0.39, 0.29) is 17.0 Å². The molecule has 2 aromatic heterocycles. The van der Waals surface area contributed by atoms with E-state index in [2.05, 4.69) is 0 Å². The van der Waals surface area contributed by atoms with Crippen LogP contribution in [-0.4, -0.2) is 21.6 Å². The van der Waals surface area contributed by atoms with Crippen LogP contribution < -0.4 is 15.0 Å². The number of benzene rings is 3. The van der Waals surface area contributed by atoms with Gasteiger partial charge in [0.25, 0.3) is 5.56 Å². The second-order valence-electron chi connectivity index (χ2n) is 8.77. The zero-order valence-electron chi connectivity index (χ0n) is 20.3. The summed E-state index contributed by atoms with van der Waals surface area (Å²) in [5, 5.41) is 14.4. The van der Waals surface area contributed by atoms with Gasteiger partial charge in [-0.15, -0.1) is 11.3 Å². The molecule has 0 spiro atoms. The number of rotatable bonds is 6. The van der Waals surface area contributed by atoms with Crippen LogP contribution in [0.2, 0.25) is 0 Å². The molecule has 0 saturated heterocycles. The van der Waals surface area contributed by atoms with Gasteiger partial charge in [0.05, 0.1) is 17.4 Å². The first-order chi connectivity index (χ1) is 18.5. The minimum atomic E-state index is -0.466. The van der Waals surface area contributed by atoms with E-state index in [1.54, 1.807) is 48.1 Å². The summed E-state index contributed by atoms with van der Waals surface area (Å²) < 4.78 is 12.6. The van der Waals surface area contributed by atoms with Crippen molar-refractivity contribution >= 4 is 38.9 Å². The quantitative estimate of drug-likeness (QED) is 0.180. The number of methoxy groups -OCH3 is 1. The number of aromatic nitrogens is 2. The van der Waals surface area contributed by atoms with Crippen molar-refractivity contribution in [1.29, 1.82) is 0 Å². The molecule has 1 aliphatic heterocycles. The Bertz CT molecular complexity index is 1770. The number of nitrogens with zero attached hydrogens (tertiary/aromatic N) is 3. The van der Waals surface area contributed by atoms with Gasteiger partial charge in [-0.25, -0.2) is 4.98 Å². The lowest BCUT2D eigenvalue weighted by molar-refractivity contribution is -0.385. The second kappa shape index (κ2) is 9.60. The summed E-state index contributed by atoms with van der Waals surface area (Å²) in [5.41, 5.74) is 3.14. The summed E-state index contributed by atoms with van der Waals surface area (Å²) in [4.78, 5) is 30.3. The van der Waals surface area contributed by atoms with E-state index in [9.17, 15) is 14.9 Å². The van der Waals surface area contributed by atoms with E-state index in [1.165, 1.54) is 17.4 Å². The SMILES string of the molecule is COc1ccc(Oc2ccc(/C=C3\CCn4c3nc3scc(-c5ccccc5)c3c4=O)cc2[N+](=O)[O-])cc1. The highest BCUT2D eigenvalue weighted by molar-refractivity contribution is 7.17. The minimum absolute atomic E-state index is 0.0669. The summed E-state index contributed by atoms with van der Waals surface area (Å²) in [6.45, 7) is 0.508. The number of allylic oxidation sites excluding steroid dienone is 1. The fourth-order valence-electron chi connectivity index (χ4n) is 4.61. The third-order valence-electron chi connectivity index (χ3n) is 6.48. The molecular weight excluding hydrogens is 502 g/mol. The molecule has 38 heavy (non-hydrogen) atoms. The van der Waals surface area contributed by atoms with Crippen LogP contribution in [0.25, 0.3) is 33.0 Å². The highest BCUT2D eigenvalue weighted by atomic mass is 32.1. The van der Waals surface area contributed by atoms with Gasteiger partial charge in [-0.1, -0.05) is 36.4 Å². The largest absolute Gasteiger partial charge is 0.497 e. The summed E-state index contributed by atoms with van der Waals surface area (Å²) in [6.07, 6.45) is 2.46. The number of ether oxygens (including phenoxy) is 2. The van der Waals surface area contributed by atoms with Crippen molar-refractivity contribution in [1.82, 2.24) is 9.55 Å². The Morgan fingerprint density at radius 2 is 1.82 bits per heavy atom. The average Bonchev–Trinajstić information content (AvgIpc) is 3.55. The van der Waals surface area contributed by atoms with E-state index in [4.69, 9.17) is 14.5 Å². The first kappa shape index (κ1) is 23.6.